The van der Waals surface area contributed by atoms with Crippen LogP contribution < -0.4 is 10.7 Å². The van der Waals surface area contributed by atoms with Gasteiger partial charge in [0.2, 0.25) is 0 Å². The molecule has 0 aliphatic carbocycles. The average molecular weight is 432 g/mol. The van der Waals surface area contributed by atoms with E-state index in [2.05, 4.69) is 55.6 Å². The molecule has 24 heavy (non-hydrogen) atoms. The van der Waals surface area contributed by atoms with Crippen LogP contribution in [0.1, 0.15) is 11.1 Å². The lowest BCUT2D eigenvalue weighted by atomic mass is 10.1. The first kappa shape index (κ1) is 16.7. The molecule has 0 fully saturated rings. The van der Waals surface area contributed by atoms with Crippen LogP contribution >= 0.6 is 22.6 Å². The van der Waals surface area contributed by atoms with Gasteiger partial charge in [-0.15, -0.1) is 0 Å². The highest BCUT2D eigenvalue weighted by molar-refractivity contribution is 14.1. The predicted molar refractivity (Wildman–Crippen MR) is 105 cm³/mol. The topological polar surface area (TPSA) is 62.5 Å². The molecule has 6 heteroatoms. The van der Waals surface area contributed by atoms with Crippen LogP contribution in [0.25, 0.3) is 11.3 Å². The molecule has 0 saturated heterocycles. The molecule has 0 radical (unpaired) electrons. The second-order valence-corrected chi connectivity index (χ2v) is 6.21. The number of rotatable bonds is 6. The summed E-state index contributed by atoms with van der Waals surface area (Å²) in [7, 11) is 1.94. The Kier molecular flexibility index (Phi) is 5.60. The van der Waals surface area contributed by atoms with Crippen molar-refractivity contribution in [3.8, 4) is 11.3 Å². The van der Waals surface area contributed by atoms with Crippen LogP contribution in [0.15, 0.2) is 64.4 Å². The third-order valence-corrected chi connectivity index (χ3v) is 4.21. The predicted octanol–water partition coefficient (Wildman–Crippen LogP) is 4.11. The SMILES string of the molecule is CNCc1ccc(/C=N/Nc2ccc(-c3ocnc3I)cc2)cc1. The standard InChI is InChI=1S/C18H17IN4O/c1-20-10-13-2-4-14(5-3-13)11-22-23-16-8-6-15(7-9-16)17-18(19)21-12-24-17/h2-9,11-12,20,23H,10H2,1H3/b22-11+. The summed E-state index contributed by atoms with van der Waals surface area (Å²) in [6.45, 7) is 0.867. The molecule has 122 valence electrons. The third kappa shape index (κ3) is 4.21. The minimum absolute atomic E-state index is 0.785. The molecule has 0 aliphatic rings. The fourth-order valence-corrected chi connectivity index (χ4v) is 2.78. The first-order chi connectivity index (χ1) is 11.8. The lowest BCUT2D eigenvalue weighted by Crippen LogP contribution is -2.04. The van der Waals surface area contributed by atoms with E-state index in [1.807, 2.05) is 43.4 Å². The number of hydrogen-bond acceptors (Lipinski definition) is 5. The van der Waals surface area contributed by atoms with E-state index in [1.165, 1.54) is 12.0 Å². The Morgan fingerprint density at radius 2 is 1.88 bits per heavy atom. The zero-order chi connectivity index (χ0) is 16.8. The van der Waals surface area contributed by atoms with Crippen LogP contribution in [0.3, 0.4) is 0 Å². The Bertz CT molecular complexity index is 810. The second kappa shape index (κ2) is 8.07. The normalized spacial score (nSPS) is 11.1. The molecular formula is C18H17IN4O. The monoisotopic (exact) mass is 432 g/mol. The van der Waals surface area contributed by atoms with Gasteiger partial charge in [0.15, 0.2) is 12.2 Å². The molecule has 0 unspecified atom stereocenters. The Hall–Kier alpha value is -2.19. The van der Waals surface area contributed by atoms with Gasteiger partial charge in [0, 0.05) is 12.1 Å². The van der Waals surface area contributed by atoms with E-state index in [-0.39, 0.29) is 0 Å². The number of aromatic nitrogens is 1. The lowest BCUT2D eigenvalue weighted by molar-refractivity contribution is 0.571. The molecule has 0 bridgehead atoms. The summed E-state index contributed by atoms with van der Waals surface area (Å²) in [6.07, 6.45) is 3.26. The summed E-state index contributed by atoms with van der Waals surface area (Å²) in [5.74, 6) is 0.785. The van der Waals surface area contributed by atoms with Gasteiger partial charge < -0.3 is 9.73 Å². The maximum absolute atomic E-state index is 5.38. The molecule has 0 amide bonds. The second-order valence-electron chi connectivity index (χ2n) is 5.19. The van der Waals surface area contributed by atoms with Crippen molar-refractivity contribution < 1.29 is 4.42 Å². The van der Waals surface area contributed by atoms with Gasteiger partial charge in [-0.2, -0.15) is 5.10 Å². The van der Waals surface area contributed by atoms with E-state index >= 15 is 0 Å². The fourth-order valence-electron chi connectivity index (χ4n) is 2.22. The summed E-state index contributed by atoms with van der Waals surface area (Å²) >= 11 is 2.16. The molecule has 0 saturated carbocycles. The number of hydrazone groups is 1. The maximum atomic E-state index is 5.38. The molecule has 2 aromatic carbocycles. The summed E-state index contributed by atoms with van der Waals surface area (Å²) in [5.41, 5.74) is 7.24. The molecule has 3 aromatic rings. The molecule has 2 N–H and O–H groups in total. The van der Waals surface area contributed by atoms with E-state index < -0.39 is 0 Å². The highest BCUT2D eigenvalue weighted by atomic mass is 127. The maximum Gasteiger partial charge on any atom is 0.182 e. The number of nitrogens with zero attached hydrogens (tertiary/aromatic N) is 2. The minimum Gasteiger partial charge on any atom is -0.442 e. The van der Waals surface area contributed by atoms with Crippen LogP contribution in [0, 0.1) is 3.70 Å². The fraction of sp³-hybridized carbons (Fsp3) is 0.111. The van der Waals surface area contributed by atoms with Crippen molar-refractivity contribution in [1.82, 2.24) is 10.3 Å². The highest BCUT2D eigenvalue weighted by Crippen LogP contribution is 2.25. The summed E-state index contributed by atoms with van der Waals surface area (Å²) in [4.78, 5) is 4.09. The van der Waals surface area contributed by atoms with Gasteiger partial charge in [0.25, 0.3) is 0 Å². The number of halogens is 1. The van der Waals surface area contributed by atoms with Crippen molar-refractivity contribution in [2.75, 3.05) is 12.5 Å². The first-order valence-electron chi connectivity index (χ1n) is 7.48. The molecule has 5 nitrogen and oxygen atoms in total. The van der Waals surface area contributed by atoms with Crippen molar-refractivity contribution in [2.24, 2.45) is 5.10 Å². The number of benzene rings is 2. The van der Waals surface area contributed by atoms with Gasteiger partial charge in [-0.1, -0.05) is 24.3 Å². The average Bonchev–Trinajstić information content (AvgIpc) is 3.03. The largest absolute Gasteiger partial charge is 0.442 e. The number of hydrogen-bond donors (Lipinski definition) is 2. The zero-order valence-electron chi connectivity index (χ0n) is 13.2. The highest BCUT2D eigenvalue weighted by Gasteiger charge is 2.07. The molecule has 0 aliphatic heterocycles. The Labute approximate surface area is 154 Å². The number of oxazole rings is 1. The summed E-state index contributed by atoms with van der Waals surface area (Å²) in [6, 6.07) is 16.2. The molecule has 3 rings (SSSR count). The van der Waals surface area contributed by atoms with Crippen molar-refractivity contribution in [3.63, 3.8) is 0 Å². The van der Waals surface area contributed by atoms with Gasteiger partial charge >= 0.3 is 0 Å². The van der Waals surface area contributed by atoms with Crippen LogP contribution in [-0.4, -0.2) is 18.2 Å². The zero-order valence-corrected chi connectivity index (χ0v) is 15.3. The number of nitrogens with one attached hydrogen (secondary N) is 2. The van der Waals surface area contributed by atoms with Gasteiger partial charge in [0.05, 0.1) is 11.9 Å². The van der Waals surface area contributed by atoms with Crippen molar-refractivity contribution in [1.29, 1.82) is 0 Å². The van der Waals surface area contributed by atoms with Crippen LogP contribution in [0.5, 0.6) is 0 Å². The van der Waals surface area contributed by atoms with E-state index in [0.29, 0.717) is 0 Å². The van der Waals surface area contributed by atoms with Crippen LogP contribution in [0.4, 0.5) is 5.69 Å². The van der Waals surface area contributed by atoms with Gasteiger partial charge in [-0.3, -0.25) is 5.43 Å². The van der Waals surface area contributed by atoms with E-state index in [4.69, 9.17) is 4.42 Å². The van der Waals surface area contributed by atoms with E-state index in [9.17, 15) is 0 Å². The smallest absolute Gasteiger partial charge is 0.182 e. The molecular weight excluding hydrogens is 415 g/mol. The quantitative estimate of drug-likeness (QED) is 0.350. The number of anilines is 1. The first-order valence-corrected chi connectivity index (χ1v) is 8.56. The third-order valence-electron chi connectivity index (χ3n) is 3.44. The lowest BCUT2D eigenvalue weighted by Gasteiger charge is -2.02. The molecule has 1 aromatic heterocycles. The van der Waals surface area contributed by atoms with Crippen LogP contribution in [-0.2, 0) is 6.54 Å². The Morgan fingerprint density at radius 1 is 1.12 bits per heavy atom. The van der Waals surface area contributed by atoms with Gasteiger partial charge in [-0.25, -0.2) is 4.98 Å². The van der Waals surface area contributed by atoms with Crippen molar-refractivity contribution in [3.05, 3.63) is 69.8 Å². The summed E-state index contributed by atoms with van der Waals surface area (Å²) < 4.78 is 6.24. The molecule has 1 heterocycles. The van der Waals surface area contributed by atoms with Crippen LogP contribution in [0.2, 0.25) is 0 Å². The summed E-state index contributed by atoms with van der Waals surface area (Å²) in [5, 5.41) is 7.40. The van der Waals surface area contributed by atoms with Gasteiger partial charge in [0.1, 0.15) is 3.70 Å². The minimum atomic E-state index is 0.785. The van der Waals surface area contributed by atoms with E-state index in [0.717, 1.165) is 32.8 Å². The van der Waals surface area contributed by atoms with Crippen molar-refractivity contribution in [2.45, 2.75) is 6.54 Å². The molecule has 0 atom stereocenters. The van der Waals surface area contributed by atoms with E-state index in [1.54, 1.807) is 6.21 Å². The Morgan fingerprint density at radius 3 is 2.50 bits per heavy atom. The Balaban J connectivity index is 1.61. The molecule has 0 spiro atoms. The van der Waals surface area contributed by atoms with Crippen molar-refractivity contribution >= 4 is 34.5 Å². The van der Waals surface area contributed by atoms with Gasteiger partial charge in [-0.05, 0) is 65.0 Å².